The Bertz CT molecular complexity index is 1160. The third kappa shape index (κ3) is 3.36. The Hall–Kier alpha value is -3.38. The predicted molar refractivity (Wildman–Crippen MR) is 95.4 cm³/mol. The normalized spacial score (nSPS) is 11.2. The van der Waals surface area contributed by atoms with Crippen LogP contribution in [-0.2, 0) is 16.8 Å². The molecule has 0 aliphatic carbocycles. The average Bonchev–Trinajstić information content (AvgIpc) is 2.58. The maximum atomic E-state index is 13.2. The Morgan fingerprint density at radius 1 is 1.19 bits per heavy atom. The molecule has 0 bridgehead atoms. The minimum absolute atomic E-state index is 0.0459. The largest absolute Gasteiger partial charge is 0.488 e. The molecule has 0 spiro atoms. The Morgan fingerprint density at radius 3 is 2.65 bits per heavy atom. The van der Waals surface area contributed by atoms with Gasteiger partial charge in [0, 0.05) is 5.56 Å². The van der Waals surface area contributed by atoms with E-state index in [1.54, 1.807) is 18.2 Å². The van der Waals surface area contributed by atoms with Crippen molar-refractivity contribution < 1.29 is 17.0 Å². The lowest BCUT2D eigenvalue weighted by molar-refractivity contribution is 0.310. The molecule has 0 fully saturated rings. The highest BCUT2D eigenvalue weighted by Gasteiger charge is 2.17. The summed E-state index contributed by atoms with van der Waals surface area (Å²) in [6.45, 7) is 0.0459. The second-order valence-corrected chi connectivity index (χ2v) is 6.63. The number of halogens is 1. The summed E-state index contributed by atoms with van der Waals surface area (Å²) < 4.78 is 41.1. The van der Waals surface area contributed by atoms with Crippen LogP contribution in [0.2, 0.25) is 0 Å². The molecular weight excluding hydrogens is 359 g/mol. The van der Waals surface area contributed by atoms with Gasteiger partial charge in [0.25, 0.3) is 0 Å². The van der Waals surface area contributed by atoms with Gasteiger partial charge in [-0.2, -0.15) is 13.4 Å². The molecule has 0 radical (unpaired) electrons. The maximum absolute atomic E-state index is 13.2. The van der Waals surface area contributed by atoms with Gasteiger partial charge in [-0.1, -0.05) is 18.1 Å². The van der Waals surface area contributed by atoms with E-state index in [2.05, 4.69) is 15.9 Å². The summed E-state index contributed by atoms with van der Waals surface area (Å²) in [7, 11) is -4.90. The van der Waals surface area contributed by atoms with Gasteiger partial charge in [-0.25, -0.2) is 4.98 Å². The summed E-state index contributed by atoms with van der Waals surface area (Å²) >= 11 is 0. The molecule has 1 heterocycles. The Morgan fingerprint density at radius 2 is 1.96 bits per heavy atom. The molecule has 2 aromatic carbocycles. The van der Waals surface area contributed by atoms with E-state index in [9.17, 15) is 12.3 Å². The van der Waals surface area contributed by atoms with Gasteiger partial charge in [0.05, 0.1) is 10.9 Å². The quantitative estimate of drug-likeness (QED) is 0.531. The van der Waals surface area contributed by atoms with Gasteiger partial charge < -0.3 is 16.2 Å². The van der Waals surface area contributed by atoms with Crippen LogP contribution in [0.25, 0.3) is 10.9 Å². The zero-order valence-corrected chi connectivity index (χ0v) is 14.1. The average molecular weight is 372 g/mol. The molecule has 4 N–H and O–H groups in total. The van der Waals surface area contributed by atoms with Crippen molar-refractivity contribution in [1.82, 2.24) is 9.97 Å². The number of hydrogen-bond acceptors (Lipinski definition) is 7. The standard InChI is InChI=1S/C17H13FN4O3S/c1-2-11-8-10(6-7-14(11)26(18,23)24)9-25-13-5-3-4-12-15(13)16(19)22-17(20)21-12/h1,3-8H,9H2,(H4,19,20,21,22). The number of rotatable bonds is 4. The number of nitrogens with zero attached hydrogens (tertiary/aromatic N) is 2. The maximum Gasteiger partial charge on any atom is 0.333 e. The van der Waals surface area contributed by atoms with Gasteiger partial charge >= 0.3 is 10.2 Å². The Kier molecular flexibility index (Phi) is 4.36. The van der Waals surface area contributed by atoms with E-state index in [0.717, 1.165) is 6.07 Å². The van der Waals surface area contributed by atoms with Crippen molar-refractivity contribution in [2.24, 2.45) is 0 Å². The molecule has 1 aromatic heterocycles. The van der Waals surface area contributed by atoms with Gasteiger partial charge in [0.2, 0.25) is 5.95 Å². The fourth-order valence-electron chi connectivity index (χ4n) is 2.47. The molecule has 0 aliphatic heterocycles. The molecule has 0 amide bonds. The second-order valence-electron chi connectivity index (χ2n) is 5.32. The number of benzene rings is 2. The zero-order chi connectivity index (χ0) is 18.9. The molecular formula is C17H13FN4O3S. The van der Waals surface area contributed by atoms with Gasteiger partial charge in [-0.05, 0) is 29.8 Å². The third-order valence-electron chi connectivity index (χ3n) is 3.59. The SMILES string of the molecule is C#Cc1cc(COc2cccc3nc(N)nc(N)c23)ccc1S(=O)(=O)F. The molecule has 0 saturated carbocycles. The number of hydrogen-bond donors (Lipinski definition) is 2. The third-order valence-corrected chi connectivity index (χ3v) is 4.47. The van der Waals surface area contributed by atoms with Gasteiger partial charge in [-0.3, -0.25) is 0 Å². The van der Waals surface area contributed by atoms with E-state index >= 15 is 0 Å². The highest BCUT2D eigenvalue weighted by atomic mass is 32.3. The van der Waals surface area contributed by atoms with Crippen molar-refractivity contribution in [3.63, 3.8) is 0 Å². The van der Waals surface area contributed by atoms with Crippen molar-refractivity contribution in [1.29, 1.82) is 0 Å². The minimum Gasteiger partial charge on any atom is -0.488 e. The fraction of sp³-hybridized carbons (Fsp3) is 0.0588. The summed E-state index contributed by atoms with van der Waals surface area (Å²) in [4.78, 5) is 7.45. The van der Waals surface area contributed by atoms with Crippen LogP contribution in [0.15, 0.2) is 41.3 Å². The first-order valence-electron chi connectivity index (χ1n) is 7.28. The highest BCUT2D eigenvalue weighted by Crippen LogP contribution is 2.30. The number of anilines is 2. The topological polar surface area (TPSA) is 121 Å². The van der Waals surface area contributed by atoms with E-state index in [1.165, 1.54) is 12.1 Å². The molecule has 9 heteroatoms. The highest BCUT2D eigenvalue weighted by molar-refractivity contribution is 7.86. The summed E-state index contributed by atoms with van der Waals surface area (Å²) in [6.07, 6.45) is 5.27. The molecule has 0 atom stereocenters. The molecule has 0 aliphatic rings. The number of nitrogen functional groups attached to an aromatic ring is 2. The number of terminal acetylenes is 1. The fourth-order valence-corrected chi connectivity index (χ4v) is 3.08. The molecule has 7 nitrogen and oxygen atoms in total. The monoisotopic (exact) mass is 372 g/mol. The van der Waals surface area contributed by atoms with Gasteiger partial charge in [0.1, 0.15) is 23.1 Å². The van der Waals surface area contributed by atoms with Crippen LogP contribution in [0.1, 0.15) is 11.1 Å². The molecule has 3 rings (SSSR count). The lowest BCUT2D eigenvalue weighted by Crippen LogP contribution is -2.03. The van der Waals surface area contributed by atoms with Gasteiger partial charge in [-0.15, -0.1) is 10.3 Å². The van der Waals surface area contributed by atoms with Crippen LogP contribution in [0, 0.1) is 12.3 Å². The molecule has 0 saturated heterocycles. The van der Waals surface area contributed by atoms with E-state index in [1.807, 2.05) is 0 Å². The number of ether oxygens (including phenoxy) is 1. The molecule has 0 unspecified atom stereocenters. The van der Waals surface area contributed by atoms with Crippen LogP contribution in [0.5, 0.6) is 5.75 Å². The van der Waals surface area contributed by atoms with Crippen molar-refractivity contribution in [3.8, 4) is 18.1 Å². The van der Waals surface area contributed by atoms with E-state index in [-0.39, 0.29) is 23.9 Å². The first-order valence-corrected chi connectivity index (χ1v) is 8.66. The summed E-state index contributed by atoms with van der Waals surface area (Å²) in [5.74, 6) is 2.80. The summed E-state index contributed by atoms with van der Waals surface area (Å²) in [5, 5.41) is 0.502. The summed E-state index contributed by atoms with van der Waals surface area (Å²) in [6, 6.07) is 9.00. The van der Waals surface area contributed by atoms with Crippen LogP contribution >= 0.6 is 0 Å². The van der Waals surface area contributed by atoms with Crippen LogP contribution in [0.4, 0.5) is 15.7 Å². The van der Waals surface area contributed by atoms with Crippen LogP contribution in [0.3, 0.4) is 0 Å². The number of fused-ring (bicyclic) bond motifs is 1. The lowest BCUT2D eigenvalue weighted by Gasteiger charge is -2.11. The first kappa shape index (κ1) is 17.4. The number of aromatic nitrogens is 2. The van der Waals surface area contributed by atoms with Crippen molar-refractivity contribution in [2.75, 3.05) is 11.5 Å². The first-order chi connectivity index (χ1) is 12.3. The van der Waals surface area contributed by atoms with Crippen molar-refractivity contribution >= 4 is 32.9 Å². The second kappa shape index (κ2) is 6.50. The Labute approximate surface area is 149 Å². The molecule has 132 valence electrons. The lowest BCUT2D eigenvalue weighted by atomic mass is 10.1. The minimum atomic E-state index is -4.90. The van der Waals surface area contributed by atoms with Gasteiger partial charge in [0.15, 0.2) is 0 Å². The van der Waals surface area contributed by atoms with E-state index in [0.29, 0.717) is 22.2 Å². The molecule has 3 aromatic rings. The number of nitrogens with two attached hydrogens (primary N) is 2. The van der Waals surface area contributed by atoms with E-state index < -0.39 is 15.1 Å². The molecule has 26 heavy (non-hydrogen) atoms. The Balaban J connectivity index is 1.93. The van der Waals surface area contributed by atoms with Crippen molar-refractivity contribution in [3.05, 3.63) is 47.5 Å². The van der Waals surface area contributed by atoms with E-state index in [4.69, 9.17) is 22.6 Å². The van der Waals surface area contributed by atoms with Crippen molar-refractivity contribution in [2.45, 2.75) is 11.5 Å². The van der Waals surface area contributed by atoms with Crippen LogP contribution < -0.4 is 16.2 Å². The zero-order valence-electron chi connectivity index (χ0n) is 13.3. The summed E-state index contributed by atoms with van der Waals surface area (Å²) in [5.41, 5.74) is 12.5. The predicted octanol–water partition coefficient (Wildman–Crippen LogP) is 2.01. The smallest absolute Gasteiger partial charge is 0.333 e. The van der Waals surface area contributed by atoms with Crippen LogP contribution in [-0.4, -0.2) is 18.4 Å².